The van der Waals surface area contributed by atoms with Gasteiger partial charge in [0.1, 0.15) is 0 Å². The molecule has 0 saturated heterocycles. The molecule has 2 nitrogen and oxygen atoms in total. The van der Waals surface area contributed by atoms with Crippen LogP contribution in [-0.2, 0) is 19.2 Å². The van der Waals surface area contributed by atoms with E-state index in [9.17, 15) is 0 Å². The molecular weight excluding hydrogens is 241 g/mol. The van der Waals surface area contributed by atoms with Gasteiger partial charge in [-0.3, -0.25) is 0 Å². The summed E-state index contributed by atoms with van der Waals surface area (Å²) < 4.78 is -1.39. The minimum absolute atomic E-state index is 0.196. The van der Waals surface area contributed by atoms with Crippen molar-refractivity contribution in [2.45, 2.75) is 15.4 Å². The molecule has 8 heavy (non-hydrogen) atoms. The molecule has 0 amide bonds. The van der Waals surface area contributed by atoms with Crippen molar-refractivity contribution in [2.75, 3.05) is 0 Å². The molecule has 0 rings (SSSR count). The first kappa shape index (κ1) is 9.16. The normalized spacial score (nSPS) is 16.2. The SMILES string of the molecule is N[CH]([Pd])CC(N)(Cl)Cl. The Morgan fingerprint density at radius 2 is 2.00 bits per heavy atom. The third kappa shape index (κ3) is 7.16. The molecule has 0 radical (unpaired) electrons. The predicted molar refractivity (Wildman–Crippen MR) is 31.2 cm³/mol. The summed E-state index contributed by atoms with van der Waals surface area (Å²) in [4.78, 5) is 0. The Balaban J connectivity index is 3.39. The van der Waals surface area contributed by atoms with Gasteiger partial charge in [-0.05, 0) is 0 Å². The van der Waals surface area contributed by atoms with Crippen LogP contribution in [0.15, 0.2) is 0 Å². The Bertz CT molecular complexity index is 70.2. The molecule has 0 aromatic heterocycles. The average molecular weight is 248 g/mol. The van der Waals surface area contributed by atoms with Gasteiger partial charge in [0.25, 0.3) is 0 Å². The summed E-state index contributed by atoms with van der Waals surface area (Å²) in [5, 5.41) is 0. The van der Waals surface area contributed by atoms with E-state index in [2.05, 4.69) is 19.2 Å². The van der Waals surface area contributed by atoms with Crippen LogP contribution in [0.2, 0.25) is 0 Å². The summed E-state index contributed by atoms with van der Waals surface area (Å²) in [6, 6.07) is 0. The fraction of sp³-hybridized carbons (Fsp3) is 1.00. The monoisotopic (exact) mass is 247 g/mol. The van der Waals surface area contributed by atoms with Crippen LogP contribution >= 0.6 is 23.2 Å². The fourth-order valence-corrected chi connectivity index (χ4v) is 1.42. The molecule has 0 heterocycles. The molecule has 0 fully saturated rings. The molecule has 1 unspecified atom stereocenters. The number of hydrogen-bond acceptors (Lipinski definition) is 2. The van der Waals surface area contributed by atoms with E-state index in [1.165, 1.54) is 0 Å². The minimum atomic E-state index is -1.20. The summed E-state index contributed by atoms with van der Waals surface area (Å²) >= 11 is 13.5. The van der Waals surface area contributed by atoms with Crippen LogP contribution in [0, 0.1) is 0 Å². The van der Waals surface area contributed by atoms with Gasteiger partial charge >= 0.3 is 69.3 Å². The van der Waals surface area contributed by atoms with Gasteiger partial charge in [0, 0.05) is 0 Å². The molecule has 0 aliphatic rings. The summed E-state index contributed by atoms with van der Waals surface area (Å²) in [6.07, 6.45) is 0.346. The van der Waals surface area contributed by atoms with Gasteiger partial charge in [-0.25, -0.2) is 0 Å². The third-order valence-corrected chi connectivity index (χ3v) is 1.08. The first-order valence-corrected chi connectivity index (χ1v) is 3.60. The van der Waals surface area contributed by atoms with E-state index in [-0.39, 0.29) is 4.51 Å². The van der Waals surface area contributed by atoms with Gasteiger partial charge < -0.3 is 0 Å². The molecule has 4 N–H and O–H groups in total. The molecule has 1 atom stereocenters. The molecule has 0 aliphatic heterocycles. The zero-order valence-electron chi connectivity index (χ0n) is 4.01. The zero-order valence-corrected chi connectivity index (χ0v) is 7.08. The van der Waals surface area contributed by atoms with Gasteiger partial charge in [-0.2, -0.15) is 0 Å². The number of rotatable bonds is 2. The number of nitrogens with two attached hydrogens (primary N) is 2. The maximum atomic E-state index is 5.37. The van der Waals surface area contributed by atoms with Crippen molar-refractivity contribution in [1.29, 1.82) is 0 Å². The fourth-order valence-electron chi connectivity index (χ4n) is 0.243. The quantitative estimate of drug-likeness (QED) is 0.419. The summed E-state index contributed by atoms with van der Waals surface area (Å²) in [5.74, 6) is 0. The molecule has 0 aromatic rings. The Labute approximate surface area is 69.3 Å². The van der Waals surface area contributed by atoms with Crippen LogP contribution in [0.3, 0.4) is 0 Å². The van der Waals surface area contributed by atoms with E-state index in [4.69, 9.17) is 34.7 Å². The van der Waals surface area contributed by atoms with Gasteiger partial charge in [0.2, 0.25) is 0 Å². The van der Waals surface area contributed by atoms with Crippen molar-refractivity contribution in [3.8, 4) is 0 Å². The Morgan fingerprint density at radius 3 is 2.00 bits per heavy atom. The second-order valence-corrected chi connectivity index (χ2v) is 4.13. The first-order valence-electron chi connectivity index (χ1n) is 1.94. The van der Waals surface area contributed by atoms with Crippen molar-refractivity contribution in [3.63, 3.8) is 0 Å². The van der Waals surface area contributed by atoms with Crippen molar-refractivity contribution in [1.82, 2.24) is 0 Å². The number of halogens is 2. The van der Waals surface area contributed by atoms with E-state index in [0.717, 1.165) is 0 Å². The molecule has 0 saturated carbocycles. The molecule has 0 bridgehead atoms. The Morgan fingerprint density at radius 1 is 1.62 bits per heavy atom. The zero-order chi connectivity index (χ0) is 6.78. The predicted octanol–water partition coefficient (Wildman–Crippen LogP) is 0.298. The second-order valence-electron chi connectivity index (χ2n) is 1.44. The van der Waals surface area contributed by atoms with Crippen molar-refractivity contribution in [2.24, 2.45) is 11.5 Å². The Kier molecular flexibility index (Phi) is 3.85. The Hall–Kier alpha value is 1.16. The molecule has 0 aliphatic carbocycles. The third-order valence-electron chi connectivity index (χ3n) is 0.455. The summed E-state index contributed by atoms with van der Waals surface area (Å²) in [7, 11) is 0. The van der Waals surface area contributed by atoms with Crippen molar-refractivity contribution in [3.05, 3.63) is 0 Å². The van der Waals surface area contributed by atoms with Gasteiger partial charge in [-0.1, -0.05) is 0 Å². The van der Waals surface area contributed by atoms with E-state index in [0.29, 0.717) is 6.42 Å². The number of hydrogen-bond donors (Lipinski definition) is 2. The molecular formula is C3H7Cl2N2Pd. The van der Waals surface area contributed by atoms with Crippen LogP contribution in [-0.4, -0.2) is 8.97 Å². The number of alkyl halides is 2. The van der Waals surface area contributed by atoms with Crippen LogP contribution in [0.25, 0.3) is 0 Å². The average Bonchev–Trinajstić information content (AvgIpc) is 1.21. The second kappa shape index (κ2) is 3.36. The van der Waals surface area contributed by atoms with Gasteiger partial charge in [0.15, 0.2) is 0 Å². The standard InChI is InChI=1S/C3H7Cl2N2.Pd/c4-3(5,7)1-2-6;/h2H,1,6-7H2;. The van der Waals surface area contributed by atoms with E-state index < -0.39 is 4.46 Å². The topological polar surface area (TPSA) is 52.0 Å². The first-order chi connectivity index (χ1) is 3.42. The van der Waals surface area contributed by atoms with E-state index in [1.54, 1.807) is 0 Å². The molecule has 5 heteroatoms. The molecule has 53 valence electrons. The maximum absolute atomic E-state index is 5.37. The van der Waals surface area contributed by atoms with Crippen molar-refractivity contribution < 1.29 is 19.2 Å². The van der Waals surface area contributed by atoms with Gasteiger partial charge in [0.05, 0.1) is 0 Å². The summed E-state index contributed by atoms with van der Waals surface area (Å²) in [6.45, 7) is 0. The van der Waals surface area contributed by atoms with Crippen LogP contribution in [0.1, 0.15) is 6.42 Å². The molecule has 0 spiro atoms. The van der Waals surface area contributed by atoms with Crippen LogP contribution < -0.4 is 11.5 Å². The summed E-state index contributed by atoms with van der Waals surface area (Å²) in [5.41, 5.74) is 10.4. The van der Waals surface area contributed by atoms with Gasteiger partial charge in [-0.15, -0.1) is 0 Å². The van der Waals surface area contributed by atoms with Crippen molar-refractivity contribution >= 4 is 23.2 Å². The van der Waals surface area contributed by atoms with Crippen LogP contribution in [0.5, 0.6) is 0 Å². The van der Waals surface area contributed by atoms with E-state index in [1.807, 2.05) is 0 Å². The van der Waals surface area contributed by atoms with Crippen LogP contribution in [0.4, 0.5) is 0 Å². The molecule has 0 aromatic carbocycles. The van der Waals surface area contributed by atoms with E-state index >= 15 is 0 Å².